The number of pyridine rings is 1. The van der Waals surface area contributed by atoms with E-state index in [9.17, 15) is 9.18 Å². The summed E-state index contributed by atoms with van der Waals surface area (Å²) in [6, 6.07) is 8.02. The molecule has 1 aromatic carbocycles. The monoisotopic (exact) mass is 445 g/mol. The van der Waals surface area contributed by atoms with Crippen molar-refractivity contribution in [2.24, 2.45) is 0 Å². The minimum absolute atomic E-state index is 0.0425. The van der Waals surface area contributed by atoms with E-state index in [1.165, 1.54) is 6.07 Å². The summed E-state index contributed by atoms with van der Waals surface area (Å²) in [5.41, 5.74) is 5.41. The number of hydrogen-bond donors (Lipinski definition) is 1. The van der Waals surface area contributed by atoms with Gasteiger partial charge < -0.3 is 15.0 Å². The van der Waals surface area contributed by atoms with Gasteiger partial charge in [-0.3, -0.25) is 9.78 Å². The first-order valence-electron chi connectivity index (χ1n) is 11.0. The number of nitrogens with zero attached hydrogens (tertiary/aromatic N) is 4. The van der Waals surface area contributed by atoms with E-state index in [1.54, 1.807) is 37.5 Å². The molecule has 2 aromatic heterocycles. The van der Waals surface area contributed by atoms with Crippen LogP contribution in [0.3, 0.4) is 0 Å². The first-order valence-corrected chi connectivity index (χ1v) is 11.0. The molecule has 1 amide bonds. The molecule has 5 rings (SSSR count). The maximum atomic E-state index is 14.0. The van der Waals surface area contributed by atoms with Crippen LogP contribution < -0.4 is 10.2 Å². The smallest absolute Gasteiger partial charge is 0.289 e. The molecule has 168 valence electrons. The molecule has 3 aromatic rings. The number of hydrogen-bond acceptors (Lipinski definition) is 6. The van der Waals surface area contributed by atoms with Crippen LogP contribution in [0.2, 0.25) is 0 Å². The lowest BCUT2D eigenvalue weighted by Crippen LogP contribution is -2.36. The van der Waals surface area contributed by atoms with Crippen molar-refractivity contribution < 1.29 is 13.9 Å². The number of allylic oxidation sites excluding steroid dienone is 1. The van der Waals surface area contributed by atoms with Crippen molar-refractivity contribution in [1.82, 2.24) is 20.3 Å². The number of carbonyl (C=O) groups excluding carboxylic acids is 1. The standard InChI is InChI=1S/C25H24FN5O2/c1-16(19-4-2-3-5-22(19)26)30-25(32)24-28-13-17(14-29-24)20-6-7-23-21(20)12-18(15-27-23)31-8-10-33-11-9-31/h2-6,12-16H,7-11H2,1H3,(H,30,32)/t16-/m0/s1. The second-order valence-electron chi connectivity index (χ2n) is 8.12. The Morgan fingerprint density at radius 3 is 2.64 bits per heavy atom. The zero-order chi connectivity index (χ0) is 22.8. The van der Waals surface area contributed by atoms with Crippen LogP contribution in [0.5, 0.6) is 0 Å². The molecule has 8 heteroatoms. The summed E-state index contributed by atoms with van der Waals surface area (Å²) >= 11 is 0. The van der Waals surface area contributed by atoms with E-state index in [1.807, 2.05) is 6.20 Å². The SMILES string of the molecule is C[C@H](NC(=O)c1ncc(C2=CCc3ncc(N4CCOCC4)cc32)cn1)c1ccccc1F. The molecule has 0 bridgehead atoms. The number of halogens is 1. The van der Waals surface area contributed by atoms with Gasteiger partial charge >= 0.3 is 0 Å². The first-order chi connectivity index (χ1) is 16.1. The summed E-state index contributed by atoms with van der Waals surface area (Å²) in [5.74, 6) is -0.770. The highest BCUT2D eigenvalue weighted by Gasteiger charge is 2.22. The van der Waals surface area contributed by atoms with Crippen LogP contribution in [-0.4, -0.2) is 47.2 Å². The number of ether oxygens (including phenoxy) is 1. The lowest BCUT2D eigenvalue weighted by molar-refractivity contribution is 0.0928. The van der Waals surface area contributed by atoms with Crippen LogP contribution in [0.4, 0.5) is 10.1 Å². The van der Waals surface area contributed by atoms with Crippen molar-refractivity contribution in [2.45, 2.75) is 19.4 Å². The Labute approximate surface area is 191 Å². The summed E-state index contributed by atoms with van der Waals surface area (Å²) in [7, 11) is 0. The molecule has 0 radical (unpaired) electrons. The molecule has 3 heterocycles. The Hall–Kier alpha value is -3.65. The maximum absolute atomic E-state index is 14.0. The van der Waals surface area contributed by atoms with E-state index in [4.69, 9.17) is 4.74 Å². The van der Waals surface area contributed by atoms with Gasteiger partial charge in [0.15, 0.2) is 0 Å². The van der Waals surface area contributed by atoms with Crippen LogP contribution in [0.15, 0.2) is 55.0 Å². The number of carbonyl (C=O) groups is 1. The Balaban J connectivity index is 1.31. The van der Waals surface area contributed by atoms with Crippen molar-refractivity contribution in [3.8, 4) is 0 Å². The minimum atomic E-state index is -0.504. The predicted octanol–water partition coefficient (Wildman–Crippen LogP) is 3.33. The summed E-state index contributed by atoms with van der Waals surface area (Å²) in [4.78, 5) is 28.1. The number of fused-ring (bicyclic) bond motifs is 1. The van der Waals surface area contributed by atoms with Crippen molar-refractivity contribution >= 4 is 17.2 Å². The number of rotatable bonds is 5. The molecule has 1 aliphatic heterocycles. The maximum Gasteiger partial charge on any atom is 0.289 e. The largest absolute Gasteiger partial charge is 0.378 e. The van der Waals surface area contributed by atoms with Gasteiger partial charge in [-0.1, -0.05) is 24.3 Å². The Bertz CT molecular complexity index is 1210. The van der Waals surface area contributed by atoms with Crippen LogP contribution in [-0.2, 0) is 11.2 Å². The van der Waals surface area contributed by atoms with Gasteiger partial charge in [0.1, 0.15) is 5.82 Å². The third kappa shape index (κ3) is 4.34. The zero-order valence-electron chi connectivity index (χ0n) is 18.3. The fraction of sp³-hybridized carbons (Fsp3) is 0.280. The molecule has 0 spiro atoms. The van der Waals surface area contributed by atoms with Gasteiger partial charge in [-0.15, -0.1) is 0 Å². The number of benzene rings is 1. The molecule has 1 aliphatic carbocycles. The fourth-order valence-corrected chi connectivity index (χ4v) is 4.20. The van der Waals surface area contributed by atoms with Gasteiger partial charge in [-0.2, -0.15) is 0 Å². The molecule has 1 saturated heterocycles. The molecule has 7 nitrogen and oxygen atoms in total. The number of aromatic nitrogens is 3. The normalized spacial score (nSPS) is 16.2. The second-order valence-corrected chi connectivity index (χ2v) is 8.12. The number of morpholine rings is 1. The van der Waals surface area contributed by atoms with Crippen LogP contribution in [0.25, 0.3) is 5.57 Å². The zero-order valence-corrected chi connectivity index (χ0v) is 18.3. The molecular formula is C25H24FN5O2. The fourth-order valence-electron chi connectivity index (χ4n) is 4.20. The van der Waals surface area contributed by atoms with E-state index in [0.29, 0.717) is 18.8 Å². The highest BCUT2D eigenvalue weighted by Crippen LogP contribution is 2.33. The van der Waals surface area contributed by atoms with Crippen molar-refractivity contribution in [2.75, 3.05) is 31.2 Å². The summed E-state index contributed by atoms with van der Waals surface area (Å²) < 4.78 is 19.4. The molecule has 0 saturated carbocycles. The van der Waals surface area contributed by atoms with E-state index in [2.05, 4.69) is 37.3 Å². The third-order valence-corrected chi connectivity index (χ3v) is 6.01. The highest BCUT2D eigenvalue weighted by atomic mass is 19.1. The highest BCUT2D eigenvalue weighted by molar-refractivity contribution is 5.91. The molecule has 1 fully saturated rings. The Morgan fingerprint density at radius 2 is 1.88 bits per heavy atom. The van der Waals surface area contributed by atoms with Crippen molar-refractivity contribution in [3.05, 3.63) is 89.0 Å². The minimum Gasteiger partial charge on any atom is -0.378 e. The molecule has 1 N–H and O–H groups in total. The average Bonchev–Trinajstić information content (AvgIpc) is 3.28. The van der Waals surface area contributed by atoms with E-state index in [0.717, 1.165) is 47.6 Å². The van der Waals surface area contributed by atoms with Crippen LogP contribution in [0.1, 0.15) is 46.0 Å². The van der Waals surface area contributed by atoms with Gasteiger partial charge in [0, 0.05) is 48.6 Å². The van der Waals surface area contributed by atoms with Gasteiger partial charge in [0.25, 0.3) is 5.91 Å². The molecule has 0 unspecified atom stereocenters. The number of amides is 1. The first kappa shape index (κ1) is 21.2. The quantitative estimate of drug-likeness (QED) is 0.649. The lowest BCUT2D eigenvalue weighted by Gasteiger charge is -2.29. The Morgan fingerprint density at radius 1 is 1.12 bits per heavy atom. The van der Waals surface area contributed by atoms with Gasteiger partial charge in [-0.05, 0) is 24.6 Å². The van der Waals surface area contributed by atoms with Gasteiger partial charge in [0.05, 0.1) is 36.8 Å². The summed E-state index contributed by atoms with van der Waals surface area (Å²) in [5, 5.41) is 2.76. The lowest BCUT2D eigenvalue weighted by atomic mass is 10.0. The molecule has 2 aliphatic rings. The second kappa shape index (κ2) is 9.07. The van der Waals surface area contributed by atoms with Gasteiger partial charge in [-0.25, -0.2) is 14.4 Å². The molecule has 1 atom stereocenters. The van der Waals surface area contributed by atoms with E-state index < -0.39 is 11.9 Å². The third-order valence-electron chi connectivity index (χ3n) is 6.01. The molecular weight excluding hydrogens is 421 g/mol. The van der Waals surface area contributed by atoms with Crippen molar-refractivity contribution in [3.63, 3.8) is 0 Å². The van der Waals surface area contributed by atoms with Crippen molar-refractivity contribution in [1.29, 1.82) is 0 Å². The summed E-state index contributed by atoms with van der Waals surface area (Å²) in [6.07, 6.45) is 8.08. The van der Waals surface area contributed by atoms with Crippen LogP contribution in [0, 0.1) is 5.82 Å². The van der Waals surface area contributed by atoms with E-state index in [-0.39, 0.29) is 11.6 Å². The Kier molecular flexibility index (Phi) is 5.83. The average molecular weight is 445 g/mol. The molecule has 33 heavy (non-hydrogen) atoms. The van der Waals surface area contributed by atoms with Gasteiger partial charge in [0.2, 0.25) is 5.82 Å². The van der Waals surface area contributed by atoms with E-state index >= 15 is 0 Å². The number of nitrogens with one attached hydrogen (secondary N) is 1. The summed E-state index contributed by atoms with van der Waals surface area (Å²) in [6.45, 7) is 4.85. The topological polar surface area (TPSA) is 80.2 Å². The number of anilines is 1. The van der Waals surface area contributed by atoms with Crippen LogP contribution >= 0.6 is 0 Å². The predicted molar refractivity (Wildman–Crippen MR) is 122 cm³/mol.